The van der Waals surface area contributed by atoms with Crippen molar-refractivity contribution in [2.45, 2.75) is 20.8 Å². The molecule has 0 spiro atoms. The van der Waals surface area contributed by atoms with Crippen LogP contribution in [-0.2, 0) is 0 Å². The van der Waals surface area contributed by atoms with Gasteiger partial charge in [-0.3, -0.25) is 4.57 Å². The second-order valence-corrected chi connectivity index (χ2v) is 3.79. The standard InChI is InChI=1S/C11H12N4O2/c1-6-4-9(10(16)17)14-11(13-6)15-5-12-7(2)8(15)3/h4-5H,1-3H3,(H,16,17). The van der Waals surface area contributed by atoms with Gasteiger partial charge in [-0.15, -0.1) is 0 Å². The second kappa shape index (κ2) is 3.97. The third kappa shape index (κ3) is 2.01. The number of hydrogen-bond donors (Lipinski definition) is 1. The van der Waals surface area contributed by atoms with Crippen LogP contribution in [0.3, 0.4) is 0 Å². The number of aromatic carboxylic acids is 1. The SMILES string of the molecule is Cc1cc(C(=O)O)nc(-n2cnc(C)c2C)n1. The molecule has 88 valence electrons. The summed E-state index contributed by atoms with van der Waals surface area (Å²) in [6.45, 7) is 5.49. The van der Waals surface area contributed by atoms with E-state index < -0.39 is 5.97 Å². The highest BCUT2D eigenvalue weighted by Crippen LogP contribution is 2.11. The van der Waals surface area contributed by atoms with Gasteiger partial charge in [0.2, 0.25) is 5.95 Å². The van der Waals surface area contributed by atoms with Gasteiger partial charge in [0.15, 0.2) is 5.69 Å². The number of hydrogen-bond acceptors (Lipinski definition) is 4. The van der Waals surface area contributed by atoms with E-state index in [9.17, 15) is 4.79 Å². The summed E-state index contributed by atoms with van der Waals surface area (Å²) in [5.74, 6) is -0.730. The van der Waals surface area contributed by atoms with Crippen LogP contribution in [0.1, 0.15) is 27.6 Å². The van der Waals surface area contributed by atoms with E-state index in [0.717, 1.165) is 11.4 Å². The summed E-state index contributed by atoms with van der Waals surface area (Å²) in [4.78, 5) is 23.2. The molecule has 0 aliphatic heterocycles. The van der Waals surface area contributed by atoms with E-state index in [1.54, 1.807) is 17.8 Å². The lowest BCUT2D eigenvalue weighted by atomic mass is 10.3. The zero-order valence-corrected chi connectivity index (χ0v) is 9.80. The van der Waals surface area contributed by atoms with E-state index in [4.69, 9.17) is 5.11 Å². The molecule has 0 aliphatic rings. The highest BCUT2D eigenvalue weighted by Gasteiger charge is 2.12. The number of carbonyl (C=O) groups is 1. The quantitative estimate of drug-likeness (QED) is 0.843. The van der Waals surface area contributed by atoms with Crippen molar-refractivity contribution in [1.29, 1.82) is 0 Å². The van der Waals surface area contributed by atoms with Gasteiger partial charge in [-0.05, 0) is 26.8 Å². The Bertz CT molecular complexity index is 589. The Morgan fingerprint density at radius 1 is 1.29 bits per heavy atom. The normalized spacial score (nSPS) is 10.5. The zero-order chi connectivity index (χ0) is 12.6. The molecule has 0 saturated heterocycles. The number of carboxylic acid groups (broad SMARTS) is 1. The number of carboxylic acids is 1. The van der Waals surface area contributed by atoms with Crippen LogP contribution in [0, 0.1) is 20.8 Å². The first-order chi connectivity index (χ1) is 7.99. The summed E-state index contributed by atoms with van der Waals surface area (Å²) in [6.07, 6.45) is 1.59. The minimum absolute atomic E-state index is 0.0155. The first kappa shape index (κ1) is 11.3. The van der Waals surface area contributed by atoms with Crippen molar-refractivity contribution in [2.24, 2.45) is 0 Å². The molecule has 1 N–H and O–H groups in total. The Morgan fingerprint density at radius 2 is 2.00 bits per heavy atom. The molecular formula is C11H12N4O2. The summed E-state index contributed by atoms with van der Waals surface area (Å²) in [5.41, 5.74) is 2.36. The molecule has 2 heterocycles. The van der Waals surface area contributed by atoms with Gasteiger partial charge in [0.1, 0.15) is 6.33 Å². The highest BCUT2D eigenvalue weighted by molar-refractivity contribution is 5.85. The Balaban J connectivity index is 2.60. The first-order valence-corrected chi connectivity index (χ1v) is 5.09. The van der Waals surface area contributed by atoms with Crippen LogP contribution in [0.4, 0.5) is 0 Å². The molecule has 0 bridgehead atoms. The highest BCUT2D eigenvalue weighted by atomic mass is 16.4. The van der Waals surface area contributed by atoms with Crippen molar-refractivity contribution in [3.63, 3.8) is 0 Å². The average Bonchev–Trinajstić information content (AvgIpc) is 2.59. The van der Waals surface area contributed by atoms with Crippen LogP contribution >= 0.6 is 0 Å². The number of aromatic nitrogens is 4. The lowest BCUT2D eigenvalue weighted by molar-refractivity contribution is 0.0690. The van der Waals surface area contributed by atoms with E-state index in [-0.39, 0.29) is 5.69 Å². The lowest BCUT2D eigenvalue weighted by Gasteiger charge is -2.05. The minimum Gasteiger partial charge on any atom is -0.477 e. The van der Waals surface area contributed by atoms with Crippen LogP contribution in [0.5, 0.6) is 0 Å². The van der Waals surface area contributed by atoms with Crippen molar-refractivity contribution in [3.05, 3.63) is 35.2 Å². The summed E-state index contributed by atoms with van der Waals surface area (Å²) < 4.78 is 1.68. The maximum absolute atomic E-state index is 10.9. The van der Waals surface area contributed by atoms with E-state index in [2.05, 4.69) is 15.0 Å². The van der Waals surface area contributed by atoms with Gasteiger partial charge in [0.05, 0.1) is 5.69 Å². The lowest BCUT2D eigenvalue weighted by Crippen LogP contribution is -2.09. The second-order valence-electron chi connectivity index (χ2n) is 3.79. The molecule has 0 saturated carbocycles. The van der Waals surface area contributed by atoms with Crippen molar-refractivity contribution in [1.82, 2.24) is 19.5 Å². The smallest absolute Gasteiger partial charge is 0.354 e. The van der Waals surface area contributed by atoms with E-state index >= 15 is 0 Å². The number of aryl methyl sites for hydroxylation is 2. The molecule has 6 nitrogen and oxygen atoms in total. The molecule has 0 aliphatic carbocycles. The molecule has 0 unspecified atom stereocenters. The number of imidazole rings is 1. The third-order valence-corrected chi connectivity index (χ3v) is 2.53. The molecule has 2 aromatic heterocycles. The maximum Gasteiger partial charge on any atom is 0.354 e. The van der Waals surface area contributed by atoms with Crippen molar-refractivity contribution < 1.29 is 9.90 Å². The van der Waals surface area contributed by atoms with E-state index in [1.807, 2.05) is 13.8 Å². The molecule has 17 heavy (non-hydrogen) atoms. The average molecular weight is 232 g/mol. The Hall–Kier alpha value is -2.24. The van der Waals surface area contributed by atoms with Crippen LogP contribution in [0.25, 0.3) is 5.95 Å². The fourth-order valence-corrected chi connectivity index (χ4v) is 1.47. The van der Waals surface area contributed by atoms with Crippen molar-refractivity contribution >= 4 is 5.97 Å². The third-order valence-electron chi connectivity index (χ3n) is 2.53. The fourth-order valence-electron chi connectivity index (χ4n) is 1.47. The Morgan fingerprint density at radius 3 is 2.53 bits per heavy atom. The largest absolute Gasteiger partial charge is 0.477 e. The molecule has 0 fully saturated rings. The van der Waals surface area contributed by atoms with Crippen molar-refractivity contribution in [3.8, 4) is 5.95 Å². The van der Waals surface area contributed by atoms with Gasteiger partial charge >= 0.3 is 5.97 Å². The van der Waals surface area contributed by atoms with Gasteiger partial charge in [-0.25, -0.2) is 19.7 Å². The summed E-state index contributed by atoms with van der Waals surface area (Å²) in [7, 11) is 0. The Kier molecular flexibility index (Phi) is 2.63. The Labute approximate surface area is 98.0 Å². The molecule has 2 rings (SSSR count). The van der Waals surface area contributed by atoms with Crippen LogP contribution < -0.4 is 0 Å². The van der Waals surface area contributed by atoms with E-state index in [1.165, 1.54) is 6.07 Å². The minimum atomic E-state index is -1.06. The maximum atomic E-state index is 10.9. The molecule has 0 amide bonds. The van der Waals surface area contributed by atoms with E-state index in [0.29, 0.717) is 11.6 Å². The van der Waals surface area contributed by atoms with Gasteiger partial charge in [-0.2, -0.15) is 0 Å². The van der Waals surface area contributed by atoms with Gasteiger partial charge in [-0.1, -0.05) is 0 Å². The topological polar surface area (TPSA) is 80.9 Å². The fraction of sp³-hybridized carbons (Fsp3) is 0.273. The van der Waals surface area contributed by atoms with Crippen LogP contribution in [-0.4, -0.2) is 30.6 Å². The number of nitrogens with zero attached hydrogens (tertiary/aromatic N) is 4. The van der Waals surface area contributed by atoms with Gasteiger partial charge < -0.3 is 5.11 Å². The number of rotatable bonds is 2. The summed E-state index contributed by atoms with van der Waals surface area (Å²) in [5, 5.41) is 8.94. The van der Waals surface area contributed by atoms with Crippen LogP contribution in [0.2, 0.25) is 0 Å². The molecule has 0 aromatic carbocycles. The monoisotopic (exact) mass is 232 g/mol. The molecule has 6 heteroatoms. The molecule has 0 atom stereocenters. The first-order valence-electron chi connectivity index (χ1n) is 5.09. The van der Waals surface area contributed by atoms with Crippen molar-refractivity contribution in [2.75, 3.05) is 0 Å². The van der Waals surface area contributed by atoms with Crippen LogP contribution in [0.15, 0.2) is 12.4 Å². The predicted octanol–water partition coefficient (Wildman–Crippen LogP) is 1.29. The zero-order valence-electron chi connectivity index (χ0n) is 9.80. The predicted molar refractivity (Wildman–Crippen MR) is 60.3 cm³/mol. The molecule has 2 aromatic rings. The summed E-state index contributed by atoms with van der Waals surface area (Å²) >= 11 is 0. The summed E-state index contributed by atoms with van der Waals surface area (Å²) in [6, 6.07) is 1.44. The van der Waals surface area contributed by atoms with Gasteiger partial charge in [0.25, 0.3) is 0 Å². The molecule has 0 radical (unpaired) electrons. The van der Waals surface area contributed by atoms with Gasteiger partial charge in [0, 0.05) is 11.4 Å². The molecular weight excluding hydrogens is 220 g/mol.